The van der Waals surface area contributed by atoms with Crippen LogP contribution in [0.4, 0.5) is 0 Å². The van der Waals surface area contributed by atoms with Gasteiger partial charge in [-0.1, -0.05) is 12.6 Å². The molecule has 0 heterocycles. The number of nitrogens with zero attached hydrogens (tertiary/aromatic N) is 2. The third-order valence-electron chi connectivity index (χ3n) is 3.99. The minimum absolute atomic E-state index is 0. The molecule has 0 aliphatic heterocycles. The molecule has 0 aromatic heterocycles. The Morgan fingerprint density at radius 1 is 0.971 bits per heavy atom. The molecule has 4 N–H and O–H groups in total. The van der Waals surface area contributed by atoms with Crippen molar-refractivity contribution in [2.45, 2.75) is 6.92 Å². The van der Waals surface area contributed by atoms with E-state index in [0.717, 1.165) is 14.1 Å². The molecular weight excluding hydrogens is 583 g/mol. The fourth-order valence-electron chi connectivity index (χ4n) is 2.58. The van der Waals surface area contributed by atoms with Crippen LogP contribution in [-0.2, 0) is 51.4 Å². The number of esters is 1. The molecule has 0 fully saturated rings. The summed E-state index contributed by atoms with van der Waals surface area (Å²) in [5.74, 6) is -2.66. The van der Waals surface area contributed by atoms with Crippen molar-refractivity contribution in [2.24, 2.45) is 0 Å². The summed E-state index contributed by atoms with van der Waals surface area (Å²) < 4.78 is 33.0. The summed E-state index contributed by atoms with van der Waals surface area (Å²) in [5.41, 5.74) is -0.473. The van der Waals surface area contributed by atoms with Crippen LogP contribution in [0.5, 0.6) is 5.75 Å². The molecule has 0 atom stereocenters. The van der Waals surface area contributed by atoms with Crippen molar-refractivity contribution < 1.29 is 85.3 Å². The maximum atomic E-state index is 13.0. The first kappa shape index (κ1) is 33.6. The van der Waals surface area contributed by atoms with Gasteiger partial charge in [0.2, 0.25) is 0 Å². The van der Waals surface area contributed by atoms with Gasteiger partial charge in [0.15, 0.2) is 0 Å². The van der Waals surface area contributed by atoms with E-state index in [0.29, 0.717) is 9.80 Å². The predicted octanol–water partition coefficient (Wildman–Crippen LogP) is 0.801. The molecule has 0 unspecified atom stereocenters. The summed E-state index contributed by atoms with van der Waals surface area (Å²) >= 11 is 0. The maximum absolute atomic E-state index is 13.0. The quantitative estimate of drug-likeness (QED) is 0.0861. The van der Waals surface area contributed by atoms with Crippen molar-refractivity contribution >= 4 is 33.0 Å². The van der Waals surface area contributed by atoms with Crippen molar-refractivity contribution in [1.29, 1.82) is 0 Å². The number of amides is 2. The van der Waals surface area contributed by atoms with Crippen molar-refractivity contribution in [2.75, 3.05) is 39.9 Å². The molecule has 0 aliphatic rings. The van der Waals surface area contributed by atoms with Crippen molar-refractivity contribution in [1.82, 2.24) is 9.80 Å². The van der Waals surface area contributed by atoms with Crippen molar-refractivity contribution in [3.8, 4) is 5.75 Å². The van der Waals surface area contributed by atoms with Crippen LogP contribution < -0.4 is 4.74 Å². The van der Waals surface area contributed by atoms with Gasteiger partial charge in [-0.05, 0) is 32.3 Å². The van der Waals surface area contributed by atoms with Crippen LogP contribution in [0, 0.1) is 6.42 Å². The Labute approximate surface area is 227 Å². The summed E-state index contributed by atoms with van der Waals surface area (Å²) in [6, 6.07) is 3.89. The topological polar surface area (TPSA) is 191 Å². The molecule has 0 saturated carbocycles. The molecule has 190 valence electrons. The van der Waals surface area contributed by atoms with E-state index < -0.39 is 45.5 Å². The van der Waals surface area contributed by atoms with Crippen LogP contribution in [0.25, 0.3) is 0 Å². The molecule has 1 aromatic rings. The number of ether oxygens (including phenoxy) is 2. The first-order chi connectivity index (χ1) is 15.5. The van der Waals surface area contributed by atoms with Gasteiger partial charge in [0.05, 0.1) is 11.1 Å². The first-order valence-corrected chi connectivity index (χ1v) is 13.1. The molecule has 0 spiro atoms. The molecule has 0 bridgehead atoms. The second-order valence-corrected chi connectivity index (χ2v) is 10.5. The smallest absolute Gasteiger partial charge is 0.524 e. The molecule has 35 heavy (non-hydrogen) atoms. The Bertz CT molecular complexity index is 1040. The maximum Gasteiger partial charge on any atom is 3.00 e. The van der Waals surface area contributed by atoms with E-state index in [1.165, 1.54) is 31.5 Å². The van der Waals surface area contributed by atoms with E-state index in [1.54, 1.807) is 0 Å². The largest absolute Gasteiger partial charge is 3.00 e. The van der Waals surface area contributed by atoms with Gasteiger partial charge in [-0.3, -0.25) is 25.1 Å². The van der Waals surface area contributed by atoms with Crippen LogP contribution in [0.1, 0.15) is 27.6 Å². The minimum Gasteiger partial charge on any atom is -0.524 e. The first-order valence-electron chi connectivity index (χ1n) is 9.53. The Balaban J connectivity index is 0.0000116. The Morgan fingerprint density at radius 2 is 1.49 bits per heavy atom. The van der Waals surface area contributed by atoms with Crippen LogP contribution in [0.15, 0.2) is 30.4 Å². The van der Waals surface area contributed by atoms with Crippen LogP contribution in [0.3, 0.4) is 0 Å². The molecule has 13 nitrogen and oxygen atoms in total. The van der Waals surface area contributed by atoms with Crippen molar-refractivity contribution in [3.63, 3.8) is 0 Å². The Morgan fingerprint density at radius 3 is 1.97 bits per heavy atom. The van der Waals surface area contributed by atoms with Gasteiger partial charge < -0.3 is 38.8 Å². The number of rotatable bonds is 12. The normalized spacial score (nSPS) is 11.2. The number of benzene rings is 1. The number of hydrogen-bond acceptors (Lipinski definition) is 7. The number of carbonyl (C=O) groups is 3. The van der Waals surface area contributed by atoms with Crippen LogP contribution in [0.2, 0.25) is 0 Å². The van der Waals surface area contributed by atoms with E-state index in [-0.39, 0.29) is 68.4 Å². The molecule has 0 radical (unpaired) electrons. The standard InChI is InChI=1S/C19H27N2O11P2.Y/c1-13(2)19(24)32-10-6-9-31-15-8-5-7-14(17(22)20(3)11-33(25,26)27)16(15)18(23)21(4)12-34(28,29)30;/h5-8H,1,9-12H2,2-4H3,(H2,25,26,27)(H2,28,29,30);/q-1;+3. The summed E-state index contributed by atoms with van der Waals surface area (Å²) in [6.45, 7) is 4.58. The van der Waals surface area contributed by atoms with E-state index in [4.69, 9.17) is 19.3 Å². The summed E-state index contributed by atoms with van der Waals surface area (Å²) in [4.78, 5) is 75.4. The molecule has 1 aromatic carbocycles. The molecule has 16 heteroatoms. The SMILES string of the molecule is C=C(C)C(=O)OC[CH-]COc1cccc(C(=O)N(C)CP(=O)(O)O)c1C(=O)N(C)CP(=O)(O)O.[Y+3]. The third-order valence-corrected chi connectivity index (χ3v) is 5.58. The van der Waals surface area contributed by atoms with E-state index in [1.807, 2.05) is 0 Å². The van der Waals surface area contributed by atoms with Gasteiger partial charge in [-0.25, -0.2) is 4.79 Å². The van der Waals surface area contributed by atoms with Crippen LogP contribution in [-0.4, -0.2) is 87.0 Å². The van der Waals surface area contributed by atoms with E-state index in [9.17, 15) is 33.3 Å². The molecule has 0 aliphatic carbocycles. The molecular formula is C19H27N2O11P2Y+2. The van der Waals surface area contributed by atoms with Gasteiger partial charge >= 0.3 is 53.9 Å². The monoisotopic (exact) mass is 610 g/mol. The second-order valence-electron chi connectivity index (χ2n) is 7.28. The minimum atomic E-state index is -4.64. The molecule has 0 saturated heterocycles. The average molecular weight is 610 g/mol. The fourth-order valence-corrected chi connectivity index (χ4v) is 3.94. The number of hydrogen-bond donors (Lipinski definition) is 4. The number of carbonyl (C=O) groups excluding carboxylic acids is 3. The van der Waals surface area contributed by atoms with Gasteiger partial charge in [0.1, 0.15) is 18.3 Å². The zero-order chi connectivity index (χ0) is 26.3. The second kappa shape index (κ2) is 14.3. The van der Waals surface area contributed by atoms with E-state index >= 15 is 0 Å². The Hall–Kier alpha value is -1.43. The van der Waals surface area contributed by atoms with E-state index in [2.05, 4.69) is 6.58 Å². The predicted molar refractivity (Wildman–Crippen MR) is 120 cm³/mol. The van der Waals surface area contributed by atoms with Crippen LogP contribution >= 0.6 is 15.2 Å². The van der Waals surface area contributed by atoms with Crippen molar-refractivity contribution in [3.05, 3.63) is 47.9 Å². The third kappa shape index (κ3) is 11.9. The molecule has 2 amide bonds. The van der Waals surface area contributed by atoms with Gasteiger partial charge in [0, 0.05) is 19.7 Å². The summed E-state index contributed by atoms with van der Waals surface area (Å²) in [5, 5.41) is 0. The summed E-state index contributed by atoms with van der Waals surface area (Å²) in [6.07, 6.45) is -0.470. The summed E-state index contributed by atoms with van der Waals surface area (Å²) in [7, 11) is -7.03. The Kier molecular flexibility index (Phi) is 13.8. The fraction of sp³-hybridized carbons (Fsp3) is 0.368. The molecule has 1 rings (SSSR count). The zero-order valence-electron chi connectivity index (χ0n) is 19.4. The van der Waals surface area contributed by atoms with Gasteiger partial charge in [0.25, 0.3) is 11.8 Å². The van der Waals surface area contributed by atoms with Gasteiger partial charge in [-0.2, -0.15) is 0 Å². The van der Waals surface area contributed by atoms with Gasteiger partial charge in [-0.15, -0.1) is 0 Å². The zero-order valence-corrected chi connectivity index (χ0v) is 24.0. The average Bonchev–Trinajstić information content (AvgIpc) is 2.69.